The minimum absolute atomic E-state index is 0.0882. The lowest BCUT2D eigenvalue weighted by atomic mass is 10.2. The number of ether oxygens (including phenoxy) is 2. The third kappa shape index (κ3) is 3.08. The van der Waals surface area contributed by atoms with Crippen LogP contribution in [0.3, 0.4) is 0 Å². The maximum atomic E-state index is 11.9. The van der Waals surface area contributed by atoms with Crippen LogP contribution in [-0.4, -0.2) is 30.1 Å². The minimum atomic E-state index is -0.500. The van der Waals surface area contributed by atoms with E-state index in [0.29, 0.717) is 35.4 Å². The van der Waals surface area contributed by atoms with Gasteiger partial charge in [-0.2, -0.15) is 0 Å². The van der Waals surface area contributed by atoms with Crippen LogP contribution >= 0.6 is 11.8 Å². The number of benzene rings is 1. The van der Waals surface area contributed by atoms with Crippen molar-refractivity contribution < 1.29 is 23.5 Å². The van der Waals surface area contributed by atoms with Gasteiger partial charge in [0.05, 0.1) is 5.75 Å². The Hall–Kier alpha value is -2.42. The van der Waals surface area contributed by atoms with Gasteiger partial charge in [0.1, 0.15) is 13.2 Å². The standard InChI is InChI=1S/C13H13N3O5S/c1-16-12(13(18)21-15-16)22-7-11(17)14-8-2-3-9-10(6-8)20-5-4-19-9/h2-3,6H,4-5,7H2,1H3,(H-,14,15,17,18)/p+1. The van der Waals surface area contributed by atoms with Crippen LogP contribution in [0.2, 0.25) is 0 Å². The quantitative estimate of drug-likeness (QED) is 0.620. The number of rotatable bonds is 4. The van der Waals surface area contributed by atoms with Crippen molar-refractivity contribution in [1.29, 1.82) is 0 Å². The number of anilines is 1. The van der Waals surface area contributed by atoms with Crippen LogP contribution in [-0.2, 0) is 11.8 Å². The number of nitrogens with zero attached hydrogens (tertiary/aromatic N) is 1. The average molecular weight is 324 g/mol. The summed E-state index contributed by atoms with van der Waals surface area (Å²) >= 11 is 1.09. The van der Waals surface area contributed by atoms with Crippen molar-refractivity contribution in [2.45, 2.75) is 5.03 Å². The van der Waals surface area contributed by atoms with Crippen LogP contribution in [0.25, 0.3) is 0 Å². The molecule has 0 spiro atoms. The van der Waals surface area contributed by atoms with E-state index in [1.165, 1.54) is 4.68 Å². The number of fused-ring (bicyclic) bond motifs is 1. The number of aromatic nitrogens is 2. The Labute approximate surface area is 129 Å². The molecule has 1 aromatic heterocycles. The highest BCUT2D eigenvalue weighted by atomic mass is 32.2. The van der Waals surface area contributed by atoms with E-state index in [-0.39, 0.29) is 11.7 Å². The molecule has 8 nitrogen and oxygen atoms in total. The number of carbonyl (C=O) groups excluding carboxylic acids is 1. The number of carbonyl (C=O) groups is 1. The first-order valence-electron chi connectivity index (χ1n) is 6.53. The van der Waals surface area contributed by atoms with Gasteiger partial charge in [0.15, 0.2) is 18.5 Å². The molecule has 0 radical (unpaired) electrons. The van der Waals surface area contributed by atoms with Crippen LogP contribution in [0.4, 0.5) is 5.69 Å². The molecular weight excluding hydrogens is 310 g/mol. The van der Waals surface area contributed by atoms with Crippen LogP contribution < -0.4 is 25.1 Å². The summed E-state index contributed by atoms with van der Waals surface area (Å²) in [6, 6.07) is 5.19. The van der Waals surface area contributed by atoms with Crippen molar-refractivity contribution in [3.8, 4) is 11.5 Å². The van der Waals surface area contributed by atoms with Crippen LogP contribution in [0.15, 0.2) is 32.5 Å². The van der Waals surface area contributed by atoms with Gasteiger partial charge in [-0.05, 0) is 29.2 Å². The number of hydrogen-bond donors (Lipinski definition) is 2. The molecular formula is C13H14N3O5S+. The van der Waals surface area contributed by atoms with E-state index in [4.69, 9.17) is 9.47 Å². The van der Waals surface area contributed by atoms with E-state index >= 15 is 0 Å². The Morgan fingerprint density at radius 2 is 2.14 bits per heavy atom. The smallest absolute Gasteiger partial charge is 0.441 e. The van der Waals surface area contributed by atoms with Gasteiger partial charge in [0, 0.05) is 11.8 Å². The highest BCUT2D eigenvalue weighted by molar-refractivity contribution is 7.99. The highest BCUT2D eigenvalue weighted by Gasteiger charge is 2.19. The van der Waals surface area contributed by atoms with Crippen LogP contribution in [0, 0.1) is 0 Å². The fraction of sp³-hybridized carbons (Fsp3) is 0.308. The fourth-order valence-corrected chi connectivity index (χ4v) is 2.67. The first kappa shape index (κ1) is 14.5. The Balaban J connectivity index is 1.61. The van der Waals surface area contributed by atoms with E-state index in [1.807, 2.05) is 0 Å². The molecule has 2 N–H and O–H groups in total. The summed E-state index contributed by atoms with van der Waals surface area (Å²) in [4.78, 5) is 23.3. The lowest BCUT2D eigenvalue weighted by Crippen LogP contribution is -2.34. The van der Waals surface area contributed by atoms with Gasteiger partial charge in [0.25, 0.3) is 0 Å². The summed E-state index contributed by atoms with van der Waals surface area (Å²) in [7, 11) is 1.63. The molecule has 116 valence electrons. The van der Waals surface area contributed by atoms with Gasteiger partial charge < -0.3 is 14.8 Å². The fourth-order valence-electron chi connectivity index (χ4n) is 1.94. The maximum absolute atomic E-state index is 11.9. The molecule has 1 aliphatic heterocycles. The topological polar surface area (TPSA) is 97.4 Å². The minimum Gasteiger partial charge on any atom is -0.486 e. The number of hydrogen-bond acceptors (Lipinski definition) is 6. The molecule has 0 unspecified atom stereocenters. The Bertz CT molecular complexity index is 754. The highest BCUT2D eigenvalue weighted by Crippen LogP contribution is 2.32. The molecule has 2 aromatic rings. The van der Waals surface area contributed by atoms with E-state index in [2.05, 4.69) is 15.1 Å². The summed E-state index contributed by atoms with van der Waals surface area (Å²) in [6.45, 7) is 1.01. The Morgan fingerprint density at radius 3 is 2.86 bits per heavy atom. The van der Waals surface area contributed by atoms with Gasteiger partial charge in [-0.25, -0.2) is 4.79 Å². The van der Waals surface area contributed by atoms with Crippen molar-refractivity contribution in [2.24, 2.45) is 7.05 Å². The molecule has 1 amide bonds. The lowest BCUT2D eigenvalue weighted by molar-refractivity contribution is -0.772. The summed E-state index contributed by atoms with van der Waals surface area (Å²) in [5.41, 5.74) is 0.111. The van der Waals surface area contributed by atoms with E-state index < -0.39 is 5.63 Å². The Kier molecular flexibility index (Phi) is 4.05. The van der Waals surface area contributed by atoms with E-state index in [9.17, 15) is 9.59 Å². The monoisotopic (exact) mass is 324 g/mol. The third-order valence-corrected chi connectivity index (χ3v) is 4.04. The van der Waals surface area contributed by atoms with Gasteiger partial charge in [0.2, 0.25) is 5.91 Å². The van der Waals surface area contributed by atoms with E-state index in [0.717, 1.165) is 11.8 Å². The zero-order chi connectivity index (χ0) is 15.5. The third-order valence-electron chi connectivity index (χ3n) is 2.92. The summed E-state index contributed by atoms with van der Waals surface area (Å²) in [5.74, 6) is 1.12. The summed E-state index contributed by atoms with van der Waals surface area (Å²) < 4.78 is 16.9. The molecule has 0 bridgehead atoms. The number of aromatic amines is 1. The van der Waals surface area contributed by atoms with Crippen molar-refractivity contribution in [1.82, 2.24) is 5.27 Å². The van der Waals surface area contributed by atoms with E-state index in [1.54, 1.807) is 25.2 Å². The molecule has 2 heterocycles. The zero-order valence-corrected chi connectivity index (χ0v) is 12.6. The number of aryl methyl sites for hydroxylation is 1. The molecule has 0 fully saturated rings. The molecule has 3 rings (SSSR count). The maximum Gasteiger partial charge on any atom is 0.441 e. The molecule has 0 saturated carbocycles. The normalized spacial score (nSPS) is 13.0. The second-order valence-electron chi connectivity index (χ2n) is 4.54. The first-order chi connectivity index (χ1) is 10.6. The molecule has 1 aromatic carbocycles. The Morgan fingerprint density at radius 1 is 1.36 bits per heavy atom. The van der Waals surface area contributed by atoms with Crippen LogP contribution in [0.1, 0.15) is 0 Å². The number of amides is 1. The number of thioether (sulfide) groups is 1. The average Bonchev–Trinajstić information content (AvgIpc) is 2.84. The number of nitrogens with one attached hydrogen (secondary N) is 2. The van der Waals surface area contributed by atoms with Gasteiger partial charge in [-0.1, -0.05) is 4.68 Å². The van der Waals surface area contributed by atoms with Crippen molar-refractivity contribution in [2.75, 3.05) is 24.3 Å². The lowest BCUT2D eigenvalue weighted by Gasteiger charge is -2.18. The predicted octanol–water partition coefficient (Wildman–Crippen LogP) is 0.294. The zero-order valence-electron chi connectivity index (χ0n) is 11.8. The SMILES string of the molecule is C[n+]1[nH]oc(=O)c1SCC(=O)Nc1ccc2c(c1)OCCO2. The van der Waals surface area contributed by atoms with Crippen molar-refractivity contribution in [3.05, 3.63) is 28.6 Å². The predicted molar refractivity (Wildman–Crippen MR) is 77.3 cm³/mol. The van der Waals surface area contributed by atoms with Gasteiger partial charge >= 0.3 is 10.7 Å². The summed E-state index contributed by atoms with van der Waals surface area (Å²) in [6.07, 6.45) is 0. The second-order valence-corrected chi connectivity index (χ2v) is 5.50. The van der Waals surface area contributed by atoms with Crippen LogP contribution in [0.5, 0.6) is 11.5 Å². The van der Waals surface area contributed by atoms with Crippen molar-refractivity contribution >= 4 is 23.4 Å². The molecule has 0 aliphatic carbocycles. The molecule has 22 heavy (non-hydrogen) atoms. The molecule has 0 atom stereocenters. The molecule has 0 saturated heterocycles. The van der Waals surface area contributed by atoms with Crippen molar-refractivity contribution in [3.63, 3.8) is 0 Å². The number of H-pyrrole nitrogens is 1. The second kappa shape index (κ2) is 6.14. The largest absolute Gasteiger partial charge is 0.486 e. The van der Waals surface area contributed by atoms with Gasteiger partial charge in [-0.15, -0.1) is 0 Å². The van der Waals surface area contributed by atoms with Gasteiger partial charge in [-0.3, -0.25) is 9.32 Å². The first-order valence-corrected chi connectivity index (χ1v) is 7.52. The molecule has 1 aliphatic rings. The summed E-state index contributed by atoms with van der Waals surface area (Å²) in [5, 5.41) is 5.47. The molecule has 9 heteroatoms.